The van der Waals surface area contributed by atoms with E-state index in [1.54, 1.807) is 0 Å². The molecule has 0 aliphatic heterocycles. The zero-order valence-electron chi connectivity index (χ0n) is 5.55. The molecule has 0 spiro atoms. The summed E-state index contributed by atoms with van der Waals surface area (Å²) in [5.74, 6) is -1.60. The van der Waals surface area contributed by atoms with Gasteiger partial charge in [-0.1, -0.05) is 0 Å². The number of rotatable bonds is 3. The van der Waals surface area contributed by atoms with Crippen LogP contribution in [0.4, 0.5) is 0 Å². The highest BCUT2D eigenvalue weighted by atomic mass is 16.4. The van der Waals surface area contributed by atoms with Gasteiger partial charge in [-0.15, -0.1) is 0 Å². The molecule has 0 bridgehead atoms. The van der Waals surface area contributed by atoms with E-state index in [9.17, 15) is 9.59 Å². The fourth-order valence-corrected chi connectivity index (χ4v) is 0.129. The van der Waals surface area contributed by atoms with Crippen molar-refractivity contribution in [2.45, 2.75) is 12.8 Å². The van der Waals surface area contributed by atoms with Crippen molar-refractivity contribution in [3.8, 4) is 0 Å². The average Bonchev–Trinajstić information content (AvgIpc) is 1.65. The third kappa shape index (κ3) is 5.14. The Labute approximate surface area is 43.8 Å². The molecular formula is C4H6O3. The Morgan fingerprint density at radius 2 is 2.57 bits per heavy atom. The number of aliphatic carboxylic acids is 1. The quantitative estimate of drug-likeness (QED) is 0.515. The fourth-order valence-electron chi connectivity index (χ4n) is 0.129. The number of carbonyl (C=O) groups excluding carboxylic acids is 1. The Hall–Kier alpha value is -0.860. The van der Waals surface area contributed by atoms with Gasteiger partial charge in [0.1, 0.15) is 6.29 Å². The largest absolute Gasteiger partial charge is 0.481 e. The highest BCUT2D eigenvalue weighted by Crippen LogP contribution is 1.80. The molecule has 0 aliphatic rings. The van der Waals surface area contributed by atoms with Gasteiger partial charge in [-0.2, -0.15) is 0 Å². The second-order valence-corrected chi connectivity index (χ2v) is 0.853. The van der Waals surface area contributed by atoms with Crippen molar-refractivity contribution in [1.82, 2.24) is 0 Å². The Kier molecular flexibility index (Phi) is 1.52. The van der Waals surface area contributed by atoms with Crippen molar-refractivity contribution in [1.29, 1.82) is 0 Å². The van der Waals surface area contributed by atoms with E-state index >= 15 is 0 Å². The van der Waals surface area contributed by atoms with E-state index in [-0.39, 0.29) is 6.29 Å². The van der Waals surface area contributed by atoms with Crippen molar-refractivity contribution < 1.29 is 17.4 Å². The highest BCUT2D eigenvalue weighted by molar-refractivity contribution is 5.70. The molecule has 40 valence electrons. The van der Waals surface area contributed by atoms with E-state index in [1.807, 2.05) is 0 Å². The van der Waals surface area contributed by atoms with E-state index in [1.165, 1.54) is 0 Å². The van der Waals surface area contributed by atoms with Crippen molar-refractivity contribution in [2.24, 2.45) is 0 Å². The molecule has 0 heterocycles. The minimum atomic E-state index is -2.40. The van der Waals surface area contributed by atoms with Gasteiger partial charge in [-0.3, -0.25) is 4.79 Å². The van der Waals surface area contributed by atoms with Crippen LogP contribution in [0.15, 0.2) is 0 Å². The lowest BCUT2D eigenvalue weighted by molar-refractivity contribution is -0.137. The van der Waals surface area contributed by atoms with Crippen LogP contribution in [0.5, 0.6) is 0 Å². The standard InChI is InChI=1S/C4H6O3/c5-3-1-2-4(6)7/h3H,1-2H2,(H,6,7)/i2D2. The smallest absolute Gasteiger partial charge is 0.303 e. The molecule has 0 aromatic carbocycles. The highest BCUT2D eigenvalue weighted by Gasteiger charge is 1.91. The Morgan fingerprint density at radius 3 is 2.71 bits per heavy atom. The number of hydrogen-bond donors (Lipinski definition) is 1. The van der Waals surface area contributed by atoms with Crippen LogP contribution < -0.4 is 0 Å². The molecule has 0 radical (unpaired) electrons. The van der Waals surface area contributed by atoms with E-state index in [0.717, 1.165) is 0 Å². The molecule has 3 nitrogen and oxygen atoms in total. The number of carbonyl (C=O) groups is 2. The summed E-state index contributed by atoms with van der Waals surface area (Å²) >= 11 is 0. The maximum Gasteiger partial charge on any atom is 0.303 e. The first kappa shape index (κ1) is 3.18. The van der Waals surface area contributed by atoms with E-state index in [4.69, 9.17) is 7.85 Å². The Morgan fingerprint density at radius 1 is 2.00 bits per heavy atom. The predicted molar refractivity (Wildman–Crippen MR) is 22.9 cm³/mol. The lowest BCUT2D eigenvalue weighted by Gasteiger charge is -1.79. The van der Waals surface area contributed by atoms with Gasteiger partial charge >= 0.3 is 5.97 Å². The molecule has 0 aromatic heterocycles. The second kappa shape index (κ2) is 3.33. The maximum absolute atomic E-state index is 9.88. The van der Waals surface area contributed by atoms with Crippen LogP contribution in [0.25, 0.3) is 0 Å². The van der Waals surface area contributed by atoms with Crippen molar-refractivity contribution in [2.75, 3.05) is 0 Å². The van der Waals surface area contributed by atoms with Crippen LogP contribution in [-0.2, 0) is 9.59 Å². The van der Waals surface area contributed by atoms with Gasteiger partial charge < -0.3 is 9.90 Å². The molecule has 0 saturated carbocycles. The topological polar surface area (TPSA) is 54.4 Å². The summed E-state index contributed by atoms with van der Waals surface area (Å²) in [5.41, 5.74) is 0. The summed E-state index contributed by atoms with van der Waals surface area (Å²) in [4.78, 5) is 19.5. The molecule has 0 atom stereocenters. The van der Waals surface area contributed by atoms with E-state index in [2.05, 4.69) is 0 Å². The summed E-state index contributed by atoms with van der Waals surface area (Å²) in [6, 6.07) is 0. The van der Waals surface area contributed by atoms with Crippen molar-refractivity contribution in [3.63, 3.8) is 0 Å². The van der Waals surface area contributed by atoms with Gasteiger partial charge in [-0.05, 0) is 0 Å². The third-order valence-corrected chi connectivity index (χ3v) is 0.337. The summed E-state index contributed by atoms with van der Waals surface area (Å²) in [6.07, 6.45) is -2.75. The zero-order valence-corrected chi connectivity index (χ0v) is 3.55. The van der Waals surface area contributed by atoms with Gasteiger partial charge in [0.2, 0.25) is 0 Å². The van der Waals surface area contributed by atoms with Crippen LogP contribution in [0, 0.1) is 0 Å². The summed E-state index contributed by atoms with van der Waals surface area (Å²) in [7, 11) is 0. The molecule has 0 rings (SSSR count). The van der Waals surface area contributed by atoms with Crippen LogP contribution in [0.3, 0.4) is 0 Å². The van der Waals surface area contributed by atoms with Crippen LogP contribution in [-0.4, -0.2) is 17.4 Å². The Balaban J connectivity index is 4.00. The Bertz CT molecular complexity index is 132. The minimum Gasteiger partial charge on any atom is -0.481 e. The monoisotopic (exact) mass is 104 g/mol. The predicted octanol–water partition coefficient (Wildman–Crippen LogP) is 0.0501. The summed E-state index contributed by atoms with van der Waals surface area (Å²) in [6.45, 7) is 0. The summed E-state index contributed by atoms with van der Waals surface area (Å²) in [5, 5.41) is 8.04. The first-order valence-corrected chi connectivity index (χ1v) is 1.68. The molecule has 0 amide bonds. The van der Waals surface area contributed by atoms with Gasteiger partial charge in [0.15, 0.2) is 0 Å². The number of carboxylic acids is 1. The van der Waals surface area contributed by atoms with Crippen LogP contribution >= 0.6 is 0 Å². The van der Waals surface area contributed by atoms with Gasteiger partial charge in [0.05, 0.1) is 6.37 Å². The molecule has 0 aromatic rings. The van der Waals surface area contributed by atoms with Gasteiger partial charge in [0.25, 0.3) is 0 Å². The zero-order chi connectivity index (χ0) is 7.49. The third-order valence-electron chi connectivity index (χ3n) is 0.337. The van der Waals surface area contributed by atoms with E-state index < -0.39 is 18.8 Å². The molecule has 0 aliphatic carbocycles. The van der Waals surface area contributed by atoms with Crippen molar-refractivity contribution >= 4 is 12.3 Å². The fraction of sp³-hybridized carbons (Fsp3) is 0.500. The molecule has 0 fully saturated rings. The van der Waals surface area contributed by atoms with Crippen LogP contribution in [0.1, 0.15) is 15.5 Å². The summed E-state index contributed by atoms with van der Waals surface area (Å²) < 4.78 is 13.2. The normalized spacial score (nSPS) is 14.3. The number of aldehydes is 1. The van der Waals surface area contributed by atoms with E-state index in [0.29, 0.717) is 0 Å². The molecular weight excluding hydrogens is 96.0 g/mol. The molecule has 0 saturated heterocycles. The first-order valence-electron chi connectivity index (χ1n) is 2.68. The lowest BCUT2D eigenvalue weighted by atomic mass is 10.3. The average molecular weight is 104 g/mol. The maximum atomic E-state index is 9.88. The van der Waals surface area contributed by atoms with Gasteiger partial charge in [0, 0.05) is 9.16 Å². The molecule has 0 unspecified atom stereocenters. The lowest BCUT2D eigenvalue weighted by Crippen LogP contribution is -1.93. The second-order valence-electron chi connectivity index (χ2n) is 0.853. The first-order chi connectivity index (χ1) is 4.00. The minimum absolute atomic E-state index is 0.244. The molecule has 1 N–H and O–H groups in total. The van der Waals surface area contributed by atoms with Crippen molar-refractivity contribution in [3.05, 3.63) is 0 Å². The SMILES string of the molecule is [2H]C([2H])(CC=O)C(=O)O. The number of hydrogen-bond acceptors (Lipinski definition) is 2. The molecule has 3 heteroatoms. The molecule has 7 heavy (non-hydrogen) atoms. The number of carboxylic acid groups (broad SMARTS) is 1. The van der Waals surface area contributed by atoms with Crippen LogP contribution in [0.2, 0.25) is 0 Å². The van der Waals surface area contributed by atoms with Gasteiger partial charge in [-0.25, -0.2) is 0 Å².